The van der Waals surface area contributed by atoms with E-state index in [9.17, 15) is 5.26 Å². The Morgan fingerprint density at radius 2 is 2.28 bits per heavy atom. The van der Waals surface area contributed by atoms with Gasteiger partial charge in [-0.05, 0) is 36.3 Å². The lowest BCUT2D eigenvalue weighted by Crippen LogP contribution is -2.32. The molecule has 3 heteroatoms. The topological polar surface area (TPSA) is 38.7 Å². The largest absolute Gasteiger partial charge is 0.376 e. The molecule has 0 spiro atoms. The van der Waals surface area contributed by atoms with Gasteiger partial charge in [0.25, 0.3) is 0 Å². The minimum absolute atomic E-state index is 0.0240. The fraction of sp³-hybridized carbons (Fsp3) is 0.733. The van der Waals surface area contributed by atoms with Crippen LogP contribution in [0.3, 0.4) is 0 Å². The van der Waals surface area contributed by atoms with E-state index in [0.717, 1.165) is 25.0 Å². The third kappa shape index (κ3) is 1.68. The van der Waals surface area contributed by atoms with Gasteiger partial charge in [0.1, 0.15) is 6.10 Å². The first-order valence-corrected chi connectivity index (χ1v) is 6.86. The molecule has 0 aromatic rings. The van der Waals surface area contributed by atoms with Gasteiger partial charge < -0.3 is 4.74 Å². The second kappa shape index (κ2) is 4.19. The molecule has 1 aliphatic heterocycles. The summed E-state index contributed by atoms with van der Waals surface area (Å²) in [7, 11) is 0. The summed E-state index contributed by atoms with van der Waals surface area (Å²) in [6, 6.07) is 0. The van der Waals surface area contributed by atoms with E-state index in [1.54, 1.807) is 0 Å². The molecule has 1 saturated carbocycles. The highest BCUT2D eigenvalue weighted by atomic mass is 17.1. The predicted octanol–water partition coefficient (Wildman–Crippen LogP) is 3.18. The third-order valence-electron chi connectivity index (χ3n) is 4.83. The summed E-state index contributed by atoms with van der Waals surface area (Å²) in [4.78, 5) is 4.75. The number of ether oxygens (including phenoxy) is 1. The predicted molar refractivity (Wildman–Crippen MR) is 69.1 cm³/mol. The van der Waals surface area contributed by atoms with Crippen molar-refractivity contribution >= 4 is 0 Å². The lowest BCUT2D eigenvalue weighted by atomic mass is 9.76. The zero-order valence-corrected chi connectivity index (χ0v) is 11.2. The number of hydrogen-bond donors (Lipinski definition) is 1. The van der Waals surface area contributed by atoms with Crippen LogP contribution in [-0.4, -0.2) is 24.1 Å². The van der Waals surface area contributed by atoms with Crippen molar-refractivity contribution in [3.05, 3.63) is 23.8 Å². The Morgan fingerprint density at radius 3 is 3.00 bits per heavy atom. The van der Waals surface area contributed by atoms with Crippen LogP contribution in [0.25, 0.3) is 0 Å². The van der Waals surface area contributed by atoms with Crippen LogP contribution in [0.1, 0.15) is 33.1 Å². The first kappa shape index (κ1) is 12.4. The van der Waals surface area contributed by atoms with Gasteiger partial charge in [0.05, 0.1) is 12.7 Å². The summed E-state index contributed by atoms with van der Waals surface area (Å²) in [5, 5.41) is 9.25. The maximum atomic E-state index is 9.25. The summed E-state index contributed by atoms with van der Waals surface area (Å²) in [6.45, 7) is 9.34. The molecule has 3 rings (SSSR count). The molecule has 0 aromatic heterocycles. The van der Waals surface area contributed by atoms with Crippen molar-refractivity contribution in [2.45, 2.75) is 45.3 Å². The summed E-state index contributed by atoms with van der Waals surface area (Å²) >= 11 is 0. The van der Waals surface area contributed by atoms with Crippen LogP contribution >= 0.6 is 0 Å². The number of rotatable bonds is 1. The molecule has 1 heterocycles. The van der Waals surface area contributed by atoms with Gasteiger partial charge in [-0.15, -0.1) is 0 Å². The minimum Gasteiger partial charge on any atom is -0.376 e. The first-order valence-electron chi connectivity index (χ1n) is 6.86. The van der Waals surface area contributed by atoms with Crippen LogP contribution in [0.2, 0.25) is 0 Å². The standard InChI is InChI=1S/C15H22O3/c1-9-5-4-6-10-8-17-14-12(10)11(13(9)18-16)7-15(14,2)3/h7,10,12-14,16H,1,4-6,8H2,2-3H3/t10-,12+,13+,14+/m1/s1. The lowest BCUT2D eigenvalue weighted by Gasteiger charge is -2.30. The van der Waals surface area contributed by atoms with Gasteiger partial charge in [-0.2, -0.15) is 0 Å². The molecule has 3 nitrogen and oxygen atoms in total. The van der Waals surface area contributed by atoms with Gasteiger partial charge >= 0.3 is 0 Å². The Bertz CT molecular complexity index is 397. The fourth-order valence-electron chi connectivity index (χ4n) is 4.02. The van der Waals surface area contributed by atoms with Crippen LogP contribution in [0.4, 0.5) is 0 Å². The highest BCUT2D eigenvalue weighted by molar-refractivity contribution is 5.35. The van der Waals surface area contributed by atoms with Crippen molar-refractivity contribution in [2.75, 3.05) is 6.61 Å². The van der Waals surface area contributed by atoms with Gasteiger partial charge in [0.15, 0.2) is 0 Å². The third-order valence-corrected chi connectivity index (χ3v) is 4.83. The van der Waals surface area contributed by atoms with Crippen LogP contribution < -0.4 is 0 Å². The van der Waals surface area contributed by atoms with E-state index in [1.807, 2.05) is 0 Å². The molecule has 0 bridgehead atoms. The Labute approximate surface area is 108 Å². The molecule has 0 unspecified atom stereocenters. The zero-order chi connectivity index (χ0) is 12.9. The van der Waals surface area contributed by atoms with Crippen LogP contribution in [0, 0.1) is 17.3 Å². The quantitative estimate of drug-likeness (QED) is 0.441. The van der Waals surface area contributed by atoms with E-state index in [1.165, 1.54) is 12.0 Å². The van der Waals surface area contributed by atoms with E-state index < -0.39 is 0 Å². The molecule has 0 amide bonds. The monoisotopic (exact) mass is 250 g/mol. The van der Waals surface area contributed by atoms with Gasteiger partial charge in [0.2, 0.25) is 0 Å². The van der Waals surface area contributed by atoms with Crippen LogP contribution in [-0.2, 0) is 9.62 Å². The molecular weight excluding hydrogens is 228 g/mol. The van der Waals surface area contributed by atoms with Gasteiger partial charge in [-0.1, -0.05) is 26.5 Å². The maximum absolute atomic E-state index is 9.25. The smallest absolute Gasteiger partial charge is 0.135 e. The SMILES string of the molecule is C=C1CCC[C@@H]2CO[C@H]3[C@@H]2C(=CC3(C)C)[C@H]1OO. The molecule has 18 heavy (non-hydrogen) atoms. The molecule has 1 saturated heterocycles. The Morgan fingerprint density at radius 1 is 1.50 bits per heavy atom. The molecule has 2 fully saturated rings. The van der Waals surface area contributed by atoms with Crippen molar-refractivity contribution < 1.29 is 14.9 Å². The van der Waals surface area contributed by atoms with Crippen molar-refractivity contribution in [3.63, 3.8) is 0 Å². The molecule has 0 aromatic carbocycles. The van der Waals surface area contributed by atoms with E-state index in [0.29, 0.717) is 11.8 Å². The Kier molecular flexibility index (Phi) is 2.88. The lowest BCUT2D eigenvalue weighted by molar-refractivity contribution is -0.261. The summed E-state index contributed by atoms with van der Waals surface area (Å²) in [5.41, 5.74) is 2.21. The van der Waals surface area contributed by atoms with Crippen molar-refractivity contribution in [2.24, 2.45) is 17.3 Å². The first-order chi connectivity index (χ1) is 8.54. The summed E-state index contributed by atoms with van der Waals surface area (Å²) < 4.78 is 6.03. The highest BCUT2D eigenvalue weighted by Crippen LogP contribution is 2.53. The zero-order valence-electron chi connectivity index (χ0n) is 11.2. The van der Waals surface area contributed by atoms with E-state index in [2.05, 4.69) is 26.5 Å². The van der Waals surface area contributed by atoms with Gasteiger partial charge in [-0.3, -0.25) is 5.26 Å². The molecule has 2 aliphatic carbocycles. The summed E-state index contributed by atoms with van der Waals surface area (Å²) in [5.74, 6) is 0.975. The average molecular weight is 250 g/mol. The van der Waals surface area contributed by atoms with Gasteiger partial charge in [-0.25, -0.2) is 4.89 Å². The molecule has 3 aliphatic rings. The fourth-order valence-corrected chi connectivity index (χ4v) is 4.02. The second-order valence-corrected chi connectivity index (χ2v) is 6.54. The highest BCUT2D eigenvalue weighted by Gasteiger charge is 2.53. The van der Waals surface area contributed by atoms with Crippen molar-refractivity contribution in [3.8, 4) is 0 Å². The van der Waals surface area contributed by atoms with Gasteiger partial charge in [0, 0.05) is 11.3 Å². The second-order valence-electron chi connectivity index (χ2n) is 6.54. The molecular formula is C15H22O3. The minimum atomic E-state index is -0.330. The maximum Gasteiger partial charge on any atom is 0.135 e. The summed E-state index contributed by atoms with van der Waals surface area (Å²) in [6.07, 6.45) is 5.38. The van der Waals surface area contributed by atoms with E-state index in [4.69, 9.17) is 9.62 Å². The molecule has 1 N–H and O–H groups in total. The van der Waals surface area contributed by atoms with Crippen LogP contribution in [0.5, 0.6) is 0 Å². The van der Waals surface area contributed by atoms with Crippen LogP contribution in [0.15, 0.2) is 23.8 Å². The van der Waals surface area contributed by atoms with Crippen molar-refractivity contribution in [1.29, 1.82) is 0 Å². The molecule has 0 radical (unpaired) electrons. The Balaban J connectivity index is 2.02. The Hall–Kier alpha value is -0.640. The van der Waals surface area contributed by atoms with E-state index >= 15 is 0 Å². The molecule has 100 valence electrons. The molecule has 4 atom stereocenters. The average Bonchev–Trinajstić information content (AvgIpc) is 2.80. The number of hydrogen-bond acceptors (Lipinski definition) is 3. The normalized spacial score (nSPS) is 42.2. The van der Waals surface area contributed by atoms with Crippen molar-refractivity contribution in [1.82, 2.24) is 0 Å². The van der Waals surface area contributed by atoms with E-state index in [-0.39, 0.29) is 17.6 Å².